The summed E-state index contributed by atoms with van der Waals surface area (Å²) in [5.74, 6) is -0.0524. The highest BCUT2D eigenvalue weighted by molar-refractivity contribution is 9.10. The zero-order valence-corrected chi connectivity index (χ0v) is 12.8. The molecule has 0 atom stereocenters. The van der Waals surface area contributed by atoms with E-state index in [4.69, 9.17) is 16.3 Å². The zero-order chi connectivity index (χ0) is 14.7. The monoisotopic (exact) mass is 355 g/mol. The normalized spacial score (nSPS) is 10.2. The Balaban J connectivity index is 2.28. The smallest absolute Gasteiger partial charge is 0.259 e. The molecule has 0 unspecified atom stereocenters. The fraction of sp³-hybridized carbons (Fsp3) is 0.0714. The molecule has 0 spiro atoms. The van der Waals surface area contributed by atoms with Crippen LogP contribution in [0.25, 0.3) is 0 Å². The van der Waals surface area contributed by atoms with Crippen molar-refractivity contribution in [2.24, 2.45) is 0 Å². The molecule has 4 nitrogen and oxygen atoms in total. The minimum Gasteiger partial charge on any atom is -0.506 e. The molecule has 2 rings (SSSR count). The van der Waals surface area contributed by atoms with Crippen molar-refractivity contribution < 1.29 is 14.6 Å². The Hall–Kier alpha value is -1.72. The highest BCUT2D eigenvalue weighted by Gasteiger charge is 2.14. The second kappa shape index (κ2) is 6.15. The lowest BCUT2D eigenvalue weighted by Gasteiger charge is -2.11. The maximum Gasteiger partial charge on any atom is 0.259 e. The van der Waals surface area contributed by atoms with Crippen molar-refractivity contribution in [1.29, 1.82) is 0 Å². The molecule has 0 aliphatic carbocycles. The highest BCUT2D eigenvalue weighted by atomic mass is 79.9. The van der Waals surface area contributed by atoms with Crippen LogP contribution in [0.5, 0.6) is 11.5 Å². The summed E-state index contributed by atoms with van der Waals surface area (Å²) >= 11 is 9.08. The molecule has 0 saturated carbocycles. The predicted octanol–water partition coefficient (Wildman–Crippen LogP) is 4.07. The number of nitrogens with one attached hydrogen (secondary N) is 1. The SMILES string of the molecule is COc1cc(Cl)ccc1C(=O)Nc1ccc(Br)cc1O. The quantitative estimate of drug-likeness (QED) is 0.815. The Bertz CT molecular complexity index is 661. The molecule has 0 aliphatic heterocycles. The Kier molecular flexibility index (Phi) is 4.52. The van der Waals surface area contributed by atoms with E-state index in [0.717, 1.165) is 4.47 Å². The number of amides is 1. The molecular formula is C14H11BrClNO3. The number of ether oxygens (including phenoxy) is 1. The molecular weight excluding hydrogens is 346 g/mol. The molecule has 0 aromatic heterocycles. The molecule has 20 heavy (non-hydrogen) atoms. The van der Waals surface area contributed by atoms with E-state index in [2.05, 4.69) is 21.2 Å². The number of carbonyl (C=O) groups excluding carboxylic acids is 1. The van der Waals surface area contributed by atoms with Crippen LogP contribution in [0, 0.1) is 0 Å². The molecule has 2 aromatic rings. The summed E-state index contributed by atoms with van der Waals surface area (Å²) in [7, 11) is 1.46. The predicted molar refractivity (Wildman–Crippen MR) is 81.8 cm³/mol. The third-order valence-electron chi connectivity index (χ3n) is 2.62. The Morgan fingerprint density at radius 2 is 2.05 bits per heavy atom. The van der Waals surface area contributed by atoms with Crippen LogP contribution in [0.2, 0.25) is 5.02 Å². The lowest BCUT2D eigenvalue weighted by atomic mass is 10.1. The van der Waals surface area contributed by atoms with Crippen molar-refractivity contribution in [3.8, 4) is 11.5 Å². The second-order valence-electron chi connectivity index (χ2n) is 3.96. The van der Waals surface area contributed by atoms with Crippen molar-refractivity contribution in [3.63, 3.8) is 0 Å². The van der Waals surface area contributed by atoms with E-state index < -0.39 is 5.91 Å². The molecule has 0 saturated heterocycles. The molecule has 6 heteroatoms. The van der Waals surface area contributed by atoms with E-state index in [0.29, 0.717) is 22.0 Å². The van der Waals surface area contributed by atoms with Crippen molar-refractivity contribution in [3.05, 3.63) is 51.5 Å². The van der Waals surface area contributed by atoms with Gasteiger partial charge in [0.15, 0.2) is 0 Å². The van der Waals surface area contributed by atoms with Crippen LogP contribution in [-0.4, -0.2) is 18.1 Å². The van der Waals surface area contributed by atoms with Gasteiger partial charge < -0.3 is 15.2 Å². The van der Waals surface area contributed by atoms with Gasteiger partial charge in [0.25, 0.3) is 5.91 Å². The topological polar surface area (TPSA) is 58.6 Å². The van der Waals surface area contributed by atoms with Gasteiger partial charge in [0.1, 0.15) is 11.5 Å². The minimum absolute atomic E-state index is 0.0272. The summed E-state index contributed by atoms with van der Waals surface area (Å²) in [6.07, 6.45) is 0. The third kappa shape index (κ3) is 3.23. The van der Waals surface area contributed by atoms with Gasteiger partial charge in [-0.15, -0.1) is 0 Å². The van der Waals surface area contributed by atoms with Crippen molar-refractivity contribution >= 4 is 39.1 Å². The maximum absolute atomic E-state index is 12.2. The van der Waals surface area contributed by atoms with Gasteiger partial charge in [-0.1, -0.05) is 27.5 Å². The van der Waals surface area contributed by atoms with Crippen LogP contribution in [0.4, 0.5) is 5.69 Å². The minimum atomic E-state index is -0.392. The van der Waals surface area contributed by atoms with Crippen LogP contribution in [0.1, 0.15) is 10.4 Å². The lowest BCUT2D eigenvalue weighted by molar-refractivity contribution is 0.102. The average Bonchev–Trinajstić information content (AvgIpc) is 2.41. The number of carbonyl (C=O) groups is 1. The van der Waals surface area contributed by atoms with Crippen LogP contribution in [-0.2, 0) is 0 Å². The summed E-state index contributed by atoms with van der Waals surface area (Å²) < 4.78 is 5.84. The van der Waals surface area contributed by atoms with Gasteiger partial charge in [-0.05, 0) is 36.4 Å². The summed E-state index contributed by atoms with van der Waals surface area (Å²) in [5.41, 5.74) is 0.648. The van der Waals surface area contributed by atoms with Gasteiger partial charge in [0.05, 0.1) is 18.4 Å². The fourth-order valence-corrected chi connectivity index (χ4v) is 2.16. The largest absolute Gasteiger partial charge is 0.506 e. The molecule has 0 radical (unpaired) electrons. The number of hydrogen-bond donors (Lipinski definition) is 2. The number of halogens is 2. The summed E-state index contributed by atoms with van der Waals surface area (Å²) in [6, 6.07) is 9.52. The third-order valence-corrected chi connectivity index (χ3v) is 3.34. The number of phenolic OH excluding ortho intramolecular Hbond substituents is 1. The summed E-state index contributed by atoms with van der Waals surface area (Å²) in [5, 5.41) is 12.9. The van der Waals surface area contributed by atoms with Gasteiger partial charge in [0.2, 0.25) is 0 Å². The van der Waals surface area contributed by atoms with Crippen LogP contribution < -0.4 is 10.1 Å². The molecule has 2 aromatic carbocycles. The van der Waals surface area contributed by atoms with E-state index in [1.165, 1.54) is 13.2 Å². The lowest BCUT2D eigenvalue weighted by Crippen LogP contribution is -2.13. The second-order valence-corrected chi connectivity index (χ2v) is 5.31. The number of methoxy groups -OCH3 is 1. The van der Waals surface area contributed by atoms with E-state index in [-0.39, 0.29) is 5.75 Å². The van der Waals surface area contributed by atoms with Crippen molar-refractivity contribution in [2.45, 2.75) is 0 Å². The first-order valence-corrected chi connectivity index (χ1v) is 6.82. The molecule has 1 amide bonds. The zero-order valence-electron chi connectivity index (χ0n) is 10.5. The molecule has 0 fully saturated rings. The van der Waals surface area contributed by atoms with Gasteiger partial charge in [-0.2, -0.15) is 0 Å². The van der Waals surface area contributed by atoms with Crippen LogP contribution >= 0.6 is 27.5 Å². The standard InChI is InChI=1S/C14H11BrClNO3/c1-20-13-7-9(16)3-4-10(13)14(19)17-11-5-2-8(15)6-12(11)18/h2-7,18H,1H3,(H,17,19). The van der Waals surface area contributed by atoms with Gasteiger partial charge in [0, 0.05) is 9.50 Å². The van der Waals surface area contributed by atoms with Crippen LogP contribution in [0.3, 0.4) is 0 Å². The van der Waals surface area contributed by atoms with Crippen molar-refractivity contribution in [2.75, 3.05) is 12.4 Å². The summed E-state index contributed by atoms with van der Waals surface area (Å²) in [6.45, 7) is 0. The molecule has 104 valence electrons. The van der Waals surface area contributed by atoms with Gasteiger partial charge in [-0.25, -0.2) is 0 Å². The fourth-order valence-electron chi connectivity index (χ4n) is 1.65. The number of anilines is 1. The van der Waals surface area contributed by atoms with E-state index in [1.54, 1.807) is 30.3 Å². The molecule has 0 heterocycles. The maximum atomic E-state index is 12.2. The highest BCUT2D eigenvalue weighted by Crippen LogP contribution is 2.29. The number of aromatic hydroxyl groups is 1. The van der Waals surface area contributed by atoms with Crippen LogP contribution in [0.15, 0.2) is 40.9 Å². The molecule has 0 bridgehead atoms. The number of phenols is 1. The number of rotatable bonds is 3. The van der Waals surface area contributed by atoms with E-state index >= 15 is 0 Å². The number of hydrogen-bond acceptors (Lipinski definition) is 3. The van der Waals surface area contributed by atoms with Gasteiger partial charge in [-0.3, -0.25) is 4.79 Å². The first-order valence-electron chi connectivity index (χ1n) is 5.64. The number of benzene rings is 2. The Morgan fingerprint density at radius 1 is 1.30 bits per heavy atom. The first-order chi connectivity index (χ1) is 9.51. The average molecular weight is 357 g/mol. The van der Waals surface area contributed by atoms with E-state index in [9.17, 15) is 9.90 Å². The van der Waals surface area contributed by atoms with E-state index in [1.807, 2.05) is 0 Å². The Labute approximate surface area is 129 Å². The Morgan fingerprint density at radius 3 is 2.70 bits per heavy atom. The van der Waals surface area contributed by atoms with Gasteiger partial charge >= 0.3 is 0 Å². The van der Waals surface area contributed by atoms with Crippen molar-refractivity contribution in [1.82, 2.24) is 0 Å². The molecule has 2 N–H and O–H groups in total. The molecule has 0 aliphatic rings. The first kappa shape index (κ1) is 14.7. The summed E-state index contributed by atoms with van der Waals surface area (Å²) in [4.78, 5) is 12.2.